The van der Waals surface area contributed by atoms with E-state index in [1.54, 1.807) is 11.3 Å². The predicted molar refractivity (Wildman–Crippen MR) is 101 cm³/mol. The third-order valence-corrected chi connectivity index (χ3v) is 7.13. The van der Waals surface area contributed by atoms with E-state index < -0.39 is 0 Å². The standard InChI is InChI=1S/C17H14N2S3/c1-19(2)16-10-9-14(21-16)13-7-8-15(20-13)17-18-11-5-3-4-6-12(11)22-17/h3-10H,1-2H3. The number of para-hydroxylation sites is 1. The molecule has 0 spiro atoms. The van der Waals surface area contributed by atoms with Crippen LogP contribution < -0.4 is 4.90 Å². The number of anilines is 1. The molecule has 0 N–H and O–H groups in total. The van der Waals surface area contributed by atoms with Crippen LogP contribution in [0.4, 0.5) is 5.00 Å². The fraction of sp³-hybridized carbons (Fsp3) is 0.118. The molecule has 0 saturated heterocycles. The molecule has 110 valence electrons. The first-order valence-corrected chi connectivity index (χ1v) is 9.39. The van der Waals surface area contributed by atoms with E-state index >= 15 is 0 Å². The highest BCUT2D eigenvalue weighted by molar-refractivity contribution is 7.28. The Morgan fingerprint density at radius 1 is 0.773 bits per heavy atom. The molecule has 0 saturated carbocycles. The lowest BCUT2D eigenvalue weighted by Crippen LogP contribution is -2.05. The zero-order chi connectivity index (χ0) is 15.1. The van der Waals surface area contributed by atoms with Crippen molar-refractivity contribution in [2.75, 3.05) is 19.0 Å². The van der Waals surface area contributed by atoms with E-state index in [0.717, 1.165) is 10.5 Å². The lowest BCUT2D eigenvalue weighted by Gasteiger charge is -2.06. The Morgan fingerprint density at radius 2 is 1.50 bits per heavy atom. The number of hydrogen-bond donors (Lipinski definition) is 0. The van der Waals surface area contributed by atoms with Crippen LogP contribution in [-0.2, 0) is 0 Å². The van der Waals surface area contributed by atoms with Crippen molar-refractivity contribution in [3.8, 4) is 19.6 Å². The highest BCUT2D eigenvalue weighted by atomic mass is 32.1. The molecule has 5 heteroatoms. The van der Waals surface area contributed by atoms with Crippen molar-refractivity contribution in [1.29, 1.82) is 0 Å². The second-order valence-corrected chi connectivity index (χ2v) is 8.36. The molecule has 0 unspecified atom stereocenters. The molecule has 22 heavy (non-hydrogen) atoms. The van der Waals surface area contributed by atoms with Gasteiger partial charge >= 0.3 is 0 Å². The first-order chi connectivity index (χ1) is 10.7. The van der Waals surface area contributed by atoms with Gasteiger partial charge in [0.05, 0.1) is 20.1 Å². The van der Waals surface area contributed by atoms with Crippen molar-refractivity contribution < 1.29 is 0 Å². The van der Waals surface area contributed by atoms with Gasteiger partial charge in [0.25, 0.3) is 0 Å². The summed E-state index contributed by atoms with van der Waals surface area (Å²) in [7, 11) is 4.16. The summed E-state index contributed by atoms with van der Waals surface area (Å²) in [4.78, 5) is 10.8. The maximum Gasteiger partial charge on any atom is 0.134 e. The number of nitrogens with zero attached hydrogens (tertiary/aromatic N) is 2. The summed E-state index contributed by atoms with van der Waals surface area (Å²) in [6, 6.07) is 17.1. The molecule has 0 bridgehead atoms. The lowest BCUT2D eigenvalue weighted by molar-refractivity contribution is 1.16. The van der Waals surface area contributed by atoms with E-state index in [2.05, 4.69) is 61.5 Å². The van der Waals surface area contributed by atoms with E-state index in [1.165, 1.54) is 24.3 Å². The average molecular weight is 343 g/mol. The summed E-state index contributed by atoms with van der Waals surface area (Å²) in [5.41, 5.74) is 1.09. The van der Waals surface area contributed by atoms with Crippen molar-refractivity contribution >= 4 is 49.2 Å². The SMILES string of the molecule is CN(C)c1ccc(-c2ccc(-c3nc4ccccc4s3)s2)s1. The van der Waals surface area contributed by atoms with E-state index in [9.17, 15) is 0 Å². The Kier molecular flexibility index (Phi) is 3.48. The number of rotatable bonds is 3. The molecule has 0 fully saturated rings. The Hall–Kier alpha value is -1.69. The molecule has 2 nitrogen and oxygen atoms in total. The number of thiazole rings is 1. The number of benzene rings is 1. The predicted octanol–water partition coefficient (Wildman–Crippen LogP) is 5.82. The summed E-state index contributed by atoms with van der Waals surface area (Å²) >= 11 is 5.41. The normalized spacial score (nSPS) is 11.2. The summed E-state index contributed by atoms with van der Waals surface area (Å²) < 4.78 is 1.25. The van der Waals surface area contributed by atoms with Gasteiger partial charge < -0.3 is 4.90 Å². The molecule has 0 amide bonds. The fourth-order valence-electron chi connectivity index (χ4n) is 2.26. The minimum atomic E-state index is 1.09. The van der Waals surface area contributed by atoms with Crippen molar-refractivity contribution in [1.82, 2.24) is 4.98 Å². The van der Waals surface area contributed by atoms with Gasteiger partial charge in [0, 0.05) is 23.8 Å². The average Bonchev–Trinajstić information content (AvgIpc) is 3.24. The molecular weight excluding hydrogens is 328 g/mol. The molecule has 4 aromatic rings. The maximum atomic E-state index is 4.75. The highest BCUT2D eigenvalue weighted by Gasteiger charge is 2.11. The first kappa shape index (κ1) is 13.9. The van der Waals surface area contributed by atoms with Gasteiger partial charge in [-0.3, -0.25) is 0 Å². The smallest absolute Gasteiger partial charge is 0.134 e. The topological polar surface area (TPSA) is 16.1 Å². The fourth-order valence-corrected chi connectivity index (χ4v) is 5.31. The molecule has 0 aliphatic rings. The number of hydrogen-bond acceptors (Lipinski definition) is 5. The van der Waals surface area contributed by atoms with Gasteiger partial charge in [-0.1, -0.05) is 12.1 Å². The molecule has 0 atom stereocenters. The van der Waals surface area contributed by atoms with Crippen LogP contribution in [0, 0.1) is 0 Å². The molecule has 3 aromatic heterocycles. The summed E-state index contributed by atoms with van der Waals surface area (Å²) in [6.07, 6.45) is 0. The zero-order valence-corrected chi connectivity index (χ0v) is 14.7. The van der Waals surface area contributed by atoms with Gasteiger partial charge in [-0.25, -0.2) is 4.98 Å². The van der Waals surface area contributed by atoms with Crippen LogP contribution in [0.5, 0.6) is 0 Å². The van der Waals surface area contributed by atoms with Crippen LogP contribution >= 0.6 is 34.0 Å². The van der Waals surface area contributed by atoms with Crippen LogP contribution in [0.1, 0.15) is 0 Å². The van der Waals surface area contributed by atoms with Gasteiger partial charge in [-0.05, 0) is 36.4 Å². The Morgan fingerprint density at radius 3 is 2.27 bits per heavy atom. The number of fused-ring (bicyclic) bond motifs is 1. The van der Waals surface area contributed by atoms with Gasteiger partial charge in [0.15, 0.2) is 0 Å². The second-order valence-electron chi connectivity index (χ2n) is 5.18. The maximum absolute atomic E-state index is 4.75. The minimum Gasteiger partial charge on any atom is -0.370 e. The highest BCUT2D eigenvalue weighted by Crippen LogP contribution is 2.41. The molecule has 4 rings (SSSR count). The van der Waals surface area contributed by atoms with Crippen LogP contribution in [0.3, 0.4) is 0 Å². The summed E-state index contributed by atoms with van der Waals surface area (Å²) in [5.74, 6) is 0. The number of thiophene rings is 2. The molecule has 3 heterocycles. The molecule has 0 aliphatic carbocycles. The van der Waals surface area contributed by atoms with E-state index in [0.29, 0.717) is 0 Å². The van der Waals surface area contributed by atoms with Crippen LogP contribution in [0.15, 0.2) is 48.5 Å². The molecule has 0 radical (unpaired) electrons. The van der Waals surface area contributed by atoms with Crippen molar-refractivity contribution in [3.05, 3.63) is 48.5 Å². The molecule has 1 aromatic carbocycles. The van der Waals surface area contributed by atoms with Crippen LogP contribution in [0.25, 0.3) is 29.9 Å². The largest absolute Gasteiger partial charge is 0.370 e. The van der Waals surface area contributed by atoms with Gasteiger partial charge in [-0.2, -0.15) is 0 Å². The van der Waals surface area contributed by atoms with Gasteiger partial charge in [-0.15, -0.1) is 34.0 Å². The Balaban J connectivity index is 1.70. The van der Waals surface area contributed by atoms with E-state index in [-0.39, 0.29) is 0 Å². The van der Waals surface area contributed by atoms with Crippen molar-refractivity contribution in [2.45, 2.75) is 0 Å². The number of aromatic nitrogens is 1. The second kappa shape index (κ2) is 5.50. The molecular formula is C17H14N2S3. The van der Waals surface area contributed by atoms with Crippen molar-refractivity contribution in [2.24, 2.45) is 0 Å². The summed E-state index contributed by atoms with van der Waals surface area (Å²) in [5, 5.41) is 2.40. The Bertz CT molecular complexity index is 897. The van der Waals surface area contributed by atoms with Crippen LogP contribution in [-0.4, -0.2) is 19.1 Å². The van der Waals surface area contributed by atoms with E-state index in [4.69, 9.17) is 4.98 Å². The minimum absolute atomic E-state index is 1.09. The van der Waals surface area contributed by atoms with Gasteiger partial charge in [0.2, 0.25) is 0 Å². The third-order valence-electron chi connectivity index (χ3n) is 3.39. The van der Waals surface area contributed by atoms with Gasteiger partial charge in [0.1, 0.15) is 5.01 Å². The van der Waals surface area contributed by atoms with Crippen LogP contribution in [0.2, 0.25) is 0 Å². The monoisotopic (exact) mass is 342 g/mol. The lowest BCUT2D eigenvalue weighted by atomic mass is 10.3. The Labute approximate surface area is 141 Å². The quantitative estimate of drug-likeness (QED) is 0.466. The summed E-state index contributed by atoms with van der Waals surface area (Å²) in [6.45, 7) is 0. The van der Waals surface area contributed by atoms with E-state index in [1.807, 2.05) is 28.7 Å². The third kappa shape index (κ3) is 2.45. The molecule has 0 aliphatic heterocycles. The first-order valence-electron chi connectivity index (χ1n) is 6.94. The zero-order valence-electron chi connectivity index (χ0n) is 12.2. The van der Waals surface area contributed by atoms with Crippen molar-refractivity contribution in [3.63, 3.8) is 0 Å².